The summed E-state index contributed by atoms with van der Waals surface area (Å²) in [6, 6.07) is 18.3. The van der Waals surface area contributed by atoms with Gasteiger partial charge in [-0.25, -0.2) is 0 Å². The van der Waals surface area contributed by atoms with Crippen LogP contribution in [0.4, 0.5) is 0 Å². The van der Waals surface area contributed by atoms with E-state index in [1.165, 1.54) is 81.5 Å². The van der Waals surface area contributed by atoms with E-state index in [1.54, 1.807) is 30.4 Å². The smallest absolute Gasteiger partial charge is 0.169 e. The number of benzene rings is 4. The summed E-state index contributed by atoms with van der Waals surface area (Å²) < 4.78 is 0. The molecule has 1 aliphatic heterocycles. The highest BCUT2D eigenvalue weighted by molar-refractivity contribution is 6.34. The lowest BCUT2D eigenvalue weighted by Gasteiger charge is -2.71. The van der Waals surface area contributed by atoms with Crippen molar-refractivity contribution in [1.29, 1.82) is 0 Å². The first-order chi connectivity index (χ1) is 28.7. The molecule has 0 amide bonds. The van der Waals surface area contributed by atoms with Gasteiger partial charge >= 0.3 is 0 Å². The number of nitrogens with zero attached hydrogens (tertiary/aromatic N) is 2. The lowest BCUT2D eigenvalue weighted by Crippen LogP contribution is -2.74. The number of rotatable bonds is 9. The summed E-state index contributed by atoms with van der Waals surface area (Å²) in [5, 5.41) is 70.2. The molecule has 1 heterocycles. The van der Waals surface area contributed by atoms with E-state index in [9.17, 15) is 30.6 Å². The molecule has 10 rings (SSSR count). The van der Waals surface area contributed by atoms with E-state index in [0.29, 0.717) is 60.0 Å². The average Bonchev–Trinajstić information content (AvgIpc) is 4.03. The van der Waals surface area contributed by atoms with Gasteiger partial charge in [0.1, 0.15) is 12.4 Å². The molecule has 8 atom stereocenters. The molecular formula is C50H55N3O6. The maximum atomic E-state index is 12.2. The first-order valence-electron chi connectivity index (χ1n) is 21.8. The van der Waals surface area contributed by atoms with E-state index in [1.807, 2.05) is 0 Å². The molecule has 2 spiro atoms. The van der Waals surface area contributed by atoms with E-state index in [4.69, 9.17) is 9.98 Å². The third-order valence-electron chi connectivity index (χ3n) is 16.1. The number of aliphatic imine (C=N–C) groups is 2. The molecule has 4 fully saturated rings. The monoisotopic (exact) mass is 793 g/mol. The van der Waals surface area contributed by atoms with Crippen LogP contribution >= 0.6 is 0 Å². The van der Waals surface area contributed by atoms with Gasteiger partial charge in [0.2, 0.25) is 0 Å². The summed E-state index contributed by atoms with van der Waals surface area (Å²) in [6.45, 7) is 1.19. The zero-order valence-electron chi connectivity index (χ0n) is 33.5. The number of aryl methyl sites for hydroxylation is 1. The zero-order chi connectivity index (χ0) is 40.5. The predicted octanol–water partition coefficient (Wildman–Crippen LogP) is 8.96. The van der Waals surface area contributed by atoms with Gasteiger partial charge in [-0.3, -0.25) is 9.98 Å². The van der Waals surface area contributed by atoms with Crippen molar-refractivity contribution in [2.45, 2.75) is 95.7 Å². The molecule has 4 saturated carbocycles. The van der Waals surface area contributed by atoms with Gasteiger partial charge in [0.15, 0.2) is 23.0 Å². The summed E-state index contributed by atoms with van der Waals surface area (Å²) in [5.74, 6) is 0.0571. The second kappa shape index (κ2) is 14.6. The first kappa shape index (κ1) is 38.1. The van der Waals surface area contributed by atoms with Gasteiger partial charge in [0.25, 0.3) is 0 Å². The third-order valence-corrected chi connectivity index (χ3v) is 16.1. The zero-order valence-corrected chi connectivity index (χ0v) is 33.5. The Kier molecular flexibility index (Phi) is 9.40. The highest BCUT2D eigenvalue weighted by Crippen LogP contribution is 2.76. The Morgan fingerprint density at radius 1 is 0.746 bits per heavy atom. The normalized spacial score (nSPS) is 31.9. The number of nitrogens with one attached hydrogen (secondary N) is 1. The largest absolute Gasteiger partial charge is 0.507 e. The number of phenolic OH excluding ortho intramolecular Hbond substituents is 5. The van der Waals surface area contributed by atoms with Crippen LogP contribution < -0.4 is 5.32 Å². The van der Waals surface area contributed by atoms with E-state index < -0.39 is 6.10 Å². The SMILES string of the molecule is Oc1ccc(C=Cc2c(CCc3ccc(CNC4CCC5CCCC56CCC57CCCC5C=CC(O)C7C46C4=NCN=C4)cc3)c(O)c(O)c3c(O)cccc23)cc1O. The Hall–Kier alpha value is -5.12. The molecule has 7 N–H and O–H groups in total. The summed E-state index contributed by atoms with van der Waals surface area (Å²) in [7, 11) is 0. The quantitative estimate of drug-likeness (QED) is 0.0507. The van der Waals surface area contributed by atoms with Gasteiger partial charge in [0.05, 0.1) is 17.2 Å². The molecular weight excluding hydrogens is 739 g/mol. The van der Waals surface area contributed by atoms with Gasteiger partial charge in [-0.15, -0.1) is 0 Å². The van der Waals surface area contributed by atoms with Crippen LogP contribution in [0.5, 0.6) is 28.7 Å². The number of aromatic hydroxyl groups is 5. The number of hydrogen-bond donors (Lipinski definition) is 7. The van der Waals surface area contributed by atoms with Crippen molar-refractivity contribution in [1.82, 2.24) is 5.32 Å². The molecule has 8 unspecified atom stereocenters. The van der Waals surface area contributed by atoms with Gasteiger partial charge in [-0.05, 0) is 133 Å². The Morgan fingerprint density at radius 2 is 1.58 bits per heavy atom. The van der Waals surface area contributed by atoms with Crippen LogP contribution in [0.3, 0.4) is 0 Å². The van der Waals surface area contributed by atoms with E-state index in [0.717, 1.165) is 17.7 Å². The van der Waals surface area contributed by atoms with Crippen LogP contribution in [0.1, 0.15) is 92.0 Å². The second-order valence-corrected chi connectivity index (χ2v) is 18.4. The Bertz CT molecular complexity index is 2420. The lowest BCUT2D eigenvalue weighted by molar-refractivity contribution is -0.187. The minimum absolute atomic E-state index is 0.102. The molecule has 0 bridgehead atoms. The standard InChI is InChI=1S/C50H55N3O6/c54-38-19-14-31(26-41(38)57)13-17-35-36-6-1-7-39(55)44(36)46(59)45(58)37(35)18-12-30-8-10-32(11-9-30)27-52-42-21-16-34-5-3-23-49(34)25-24-48-22-2-4-33(48)15-20-40(56)47(48)50(42,49)43-28-51-29-53-43/h1,6-11,13-15,17,19-20,26,28,33-34,40,42,47,52,54-59H,2-5,12,16,18,21-25,27,29H2. The van der Waals surface area contributed by atoms with Crippen molar-refractivity contribution in [3.8, 4) is 28.7 Å². The van der Waals surface area contributed by atoms with Gasteiger partial charge in [-0.2, -0.15) is 0 Å². The minimum atomic E-state index is -0.493. The first-order valence-corrected chi connectivity index (χ1v) is 21.8. The fourth-order valence-electron chi connectivity index (χ4n) is 13.8. The number of hydrogen-bond acceptors (Lipinski definition) is 9. The molecule has 9 heteroatoms. The van der Waals surface area contributed by atoms with Crippen molar-refractivity contribution < 1.29 is 30.6 Å². The number of fused-ring (bicyclic) bond motifs is 2. The lowest BCUT2D eigenvalue weighted by atomic mass is 9.34. The molecule has 9 nitrogen and oxygen atoms in total. The van der Waals surface area contributed by atoms with Crippen molar-refractivity contribution >= 4 is 34.9 Å². The molecule has 0 aromatic heterocycles. The van der Waals surface area contributed by atoms with Crippen LogP contribution in [0, 0.1) is 34.0 Å². The van der Waals surface area contributed by atoms with Gasteiger partial charge in [0, 0.05) is 35.7 Å². The number of aliphatic hydroxyl groups excluding tert-OH is 1. The molecule has 0 saturated heterocycles. The minimum Gasteiger partial charge on any atom is -0.507 e. The van der Waals surface area contributed by atoms with Gasteiger partial charge in [-0.1, -0.05) is 79.6 Å². The fraction of sp³-hybridized carbons (Fsp3) is 0.440. The molecule has 306 valence electrons. The third kappa shape index (κ3) is 5.78. The summed E-state index contributed by atoms with van der Waals surface area (Å²) in [4.78, 5) is 9.94. The predicted molar refractivity (Wildman–Crippen MR) is 232 cm³/mol. The van der Waals surface area contributed by atoms with Crippen LogP contribution in [-0.2, 0) is 19.4 Å². The van der Waals surface area contributed by atoms with Crippen molar-refractivity contribution in [2.75, 3.05) is 6.67 Å². The van der Waals surface area contributed by atoms with Crippen LogP contribution in [-0.4, -0.2) is 61.4 Å². The molecule has 6 aliphatic rings. The molecule has 4 aromatic carbocycles. The van der Waals surface area contributed by atoms with Crippen molar-refractivity contribution in [3.05, 3.63) is 101 Å². The Balaban J connectivity index is 0.929. The van der Waals surface area contributed by atoms with Crippen LogP contribution in [0.2, 0.25) is 0 Å². The van der Waals surface area contributed by atoms with Crippen LogP contribution in [0.15, 0.2) is 82.8 Å². The average molecular weight is 794 g/mol. The fourth-order valence-corrected chi connectivity index (χ4v) is 13.8. The number of phenols is 5. The Morgan fingerprint density at radius 3 is 2.39 bits per heavy atom. The molecule has 59 heavy (non-hydrogen) atoms. The topological polar surface area (TPSA) is 158 Å². The van der Waals surface area contributed by atoms with Crippen molar-refractivity contribution in [3.63, 3.8) is 0 Å². The summed E-state index contributed by atoms with van der Waals surface area (Å²) in [5.41, 5.74) is 5.17. The summed E-state index contributed by atoms with van der Waals surface area (Å²) in [6.07, 6.45) is 22.7. The maximum absolute atomic E-state index is 12.2. The highest BCUT2D eigenvalue weighted by Gasteiger charge is 2.75. The maximum Gasteiger partial charge on any atom is 0.169 e. The molecule has 5 aliphatic carbocycles. The Labute approximate surface area is 345 Å². The van der Waals surface area contributed by atoms with Gasteiger partial charge < -0.3 is 36.0 Å². The number of allylic oxidation sites excluding steroid dienone is 1. The molecule has 0 radical (unpaired) electrons. The van der Waals surface area contributed by atoms with E-state index >= 15 is 0 Å². The summed E-state index contributed by atoms with van der Waals surface area (Å²) >= 11 is 0. The molecule has 4 aromatic rings. The van der Waals surface area contributed by atoms with E-state index in [-0.39, 0.29) is 62.3 Å². The van der Waals surface area contributed by atoms with Crippen LogP contribution in [0.25, 0.3) is 22.9 Å². The van der Waals surface area contributed by atoms with E-state index in [2.05, 4.69) is 47.9 Å². The highest BCUT2D eigenvalue weighted by atomic mass is 16.3. The number of aliphatic hydroxyl groups is 1. The second-order valence-electron chi connectivity index (χ2n) is 18.4. The van der Waals surface area contributed by atoms with Crippen molar-refractivity contribution in [2.24, 2.45) is 44.0 Å².